The zero-order valence-electron chi connectivity index (χ0n) is 12.9. The molecule has 23 heavy (non-hydrogen) atoms. The molecular formula is C17H18N6. The number of pyridine rings is 1. The lowest BCUT2D eigenvalue weighted by atomic mass is 10.2. The molecular weight excluding hydrogens is 288 g/mol. The maximum Gasteiger partial charge on any atom is 0.244 e. The number of nitrogens with one attached hydrogen (secondary N) is 1. The van der Waals surface area contributed by atoms with Crippen molar-refractivity contribution in [1.82, 2.24) is 20.2 Å². The second kappa shape index (κ2) is 7.31. The predicted octanol–water partition coefficient (Wildman–Crippen LogP) is 2.52. The van der Waals surface area contributed by atoms with E-state index in [4.69, 9.17) is 0 Å². The van der Waals surface area contributed by atoms with Gasteiger partial charge in [0.25, 0.3) is 0 Å². The van der Waals surface area contributed by atoms with E-state index in [2.05, 4.69) is 37.6 Å². The first-order valence-corrected chi connectivity index (χ1v) is 7.39. The Morgan fingerprint density at radius 1 is 1.00 bits per heavy atom. The Kier molecular flexibility index (Phi) is 4.73. The molecule has 0 spiro atoms. The summed E-state index contributed by atoms with van der Waals surface area (Å²) in [7, 11) is 1.99. The van der Waals surface area contributed by atoms with Crippen LogP contribution in [0.1, 0.15) is 11.1 Å². The van der Waals surface area contributed by atoms with Crippen molar-refractivity contribution in [2.24, 2.45) is 0 Å². The van der Waals surface area contributed by atoms with E-state index in [1.807, 2.05) is 48.5 Å². The highest BCUT2D eigenvalue weighted by Gasteiger charge is 2.06. The Bertz CT molecular complexity index is 732. The van der Waals surface area contributed by atoms with Crippen LogP contribution in [0.25, 0.3) is 0 Å². The summed E-state index contributed by atoms with van der Waals surface area (Å²) < 4.78 is 0. The molecule has 0 radical (unpaired) electrons. The van der Waals surface area contributed by atoms with Gasteiger partial charge in [-0.25, -0.2) is 0 Å². The first-order valence-electron chi connectivity index (χ1n) is 7.39. The molecule has 0 aliphatic rings. The van der Waals surface area contributed by atoms with Gasteiger partial charge in [-0.3, -0.25) is 4.98 Å². The van der Waals surface area contributed by atoms with E-state index in [1.165, 1.54) is 5.56 Å². The van der Waals surface area contributed by atoms with Crippen LogP contribution in [0, 0.1) is 0 Å². The minimum atomic E-state index is 0.506. The molecule has 1 N–H and O–H groups in total. The fraction of sp³-hybridized carbons (Fsp3) is 0.176. The van der Waals surface area contributed by atoms with Crippen molar-refractivity contribution in [3.63, 3.8) is 0 Å². The lowest BCUT2D eigenvalue weighted by molar-refractivity contribution is 0.858. The smallest absolute Gasteiger partial charge is 0.244 e. The molecule has 0 unspecified atom stereocenters. The fourth-order valence-corrected chi connectivity index (χ4v) is 2.18. The molecule has 0 saturated carbocycles. The lowest BCUT2D eigenvalue weighted by Crippen LogP contribution is -2.19. The Balaban J connectivity index is 1.64. The molecule has 2 aromatic heterocycles. The second-order valence-corrected chi connectivity index (χ2v) is 5.19. The van der Waals surface area contributed by atoms with Crippen LogP contribution in [-0.4, -0.2) is 27.2 Å². The van der Waals surface area contributed by atoms with Gasteiger partial charge in [-0.15, -0.1) is 5.10 Å². The third-order valence-electron chi connectivity index (χ3n) is 3.37. The van der Waals surface area contributed by atoms with Crippen LogP contribution in [0.4, 0.5) is 11.8 Å². The number of anilines is 2. The van der Waals surface area contributed by atoms with Crippen molar-refractivity contribution in [2.45, 2.75) is 13.1 Å². The van der Waals surface area contributed by atoms with E-state index in [0.717, 1.165) is 17.9 Å². The summed E-state index contributed by atoms with van der Waals surface area (Å²) in [6.07, 6.45) is 5.23. The van der Waals surface area contributed by atoms with E-state index >= 15 is 0 Å². The summed E-state index contributed by atoms with van der Waals surface area (Å²) in [5, 5.41) is 11.2. The predicted molar refractivity (Wildman–Crippen MR) is 89.9 cm³/mol. The van der Waals surface area contributed by atoms with Crippen molar-refractivity contribution in [3.8, 4) is 0 Å². The van der Waals surface area contributed by atoms with Gasteiger partial charge in [-0.2, -0.15) is 10.1 Å². The molecule has 0 aliphatic heterocycles. The first kappa shape index (κ1) is 14.9. The highest BCUT2D eigenvalue weighted by atomic mass is 15.3. The molecule has 6 heteroatoms. The molecule has 0 atom stereocenters. The van der Waals surface area contributed by atoms with Gasteiger partial charge in [0.1, 0.15) is 0 Å². The zero-order valence-corrected chi connectivity index (χ0v) is 12.9. The van der Waals surface area contributed by atoms with E-state index in [9.17, 15) is 0 Å². The van der Waals surface area contributed by atoms with Crippen molar-refractivity contribution in [2.75, 3.05) is 17.3 Å². The Hall–Kier alpha value is -3.02. The van der Waals surface area contributed by atoms with Crippen LogP contribution < -0.4 is 10.2 Å². The molecule has 3 rings (SSSR count). The molecule has 0 fully saturated rings. The molecule has 0 aliphatic carbocycles. The molecule has 6 nitrogen and oxygen atoms in total. The summed E-state index contributed by atoms with van der Waals surface area (Å²) in [5.41, 5.74) is 2.29. The number of nitrogens with zero attached hydrogens (tertiary/aromatic N) is 5. The third kappa shape index (κ3) is 4.23. The molecule has 3 aromatic rings. The third-order valence-corrected chi connectivity index (χ3v) is 3.37. The highest BCUT2D eigenvalue weighted by Crippen LogP contribution is 2.13. The maximum absolute atomic E-state index is 4.50. The quantitative estimate of drug-likeness (QED) is 0.755. The maximum atomic E-state index is 4.50. The van der Waals surface area contributed by atoms with Crippen LogP contribution in [-0.2, 0) is 13.1 Å². The van der Waals surface area contributed by atoms with Gasteiger partial charge in [0.05, 0.1) is 6.20 Å². The number of aromatic nitrogens is 4. The number of rotatable bonds is 6. The van der Waals surface area contributed by atoms with Gasteiger partial charge in [0, 0.05) is 32.5 Å². The Morgan fingerprint density at radius 3 is 2.61 bits per heavy atom. The summed E-state index contributed by atoms with van der Waals surface area (Å²) in [6, 6.07) is 14.2. The van der Waals surface area contributed by atoms with Gasteiger partial charge in [-0.1, -0.05) is 36.4 Å². The first-order chi connectivity index (χ1) is 11.3. The van der Waals surface area contributed by atoms with Gasteiger partial charge in [0.2, 0.25) is 5.95 Å². The van der Waals surface area contributed by atoms with E-state index in [0.29, 0.717) is 12.5 Å². The summed E-state index contributed by atoms with van der Waals surface area (Å²) >= 11 is 0. The SMILES string of the molecule is CN(Cc1ccccc1)c1cnnc(NCc2cccnc2)n1. The lowest BCUT2D eigenvalue weighted by Gasteiger charge is -2.18. The van der Waals surface area contributed by atoms with Crippen LogP contribution >= 0.6 is 0 Å². The van der Waals surface area contributed by atoms with Crippen molar-refractivity contribution in [3.05, 3.63) is 72.2 Å². The number of hydrogen-bond donors (Lipinski definition) is 1. The second-order valence-electron chi connectivity index (χ2n) is 5.19. The largest absolute Gasteiger partial charge is 0.354 e. The topological polar surface area (TPSA) is 66.8 Å². The summed E-state index contributed by atoms with van der Waals surface area (Å²) in [4.78, 5) is 10.6. The summed E-state index contributed by atoms with van der Waals surface area (Å²) in [6.45, 7) is 1.38. The van der Waals surface area contributed by atoms with Crippen LogP contribution in [0.2, 0.25) is 0 Å². The Morgan fingerprint density at radius 2 is 1.83 bits per heavy atom. The fourth-order valence-electron chi connectivity index (χ4n) is 2.18. The average molecular weight is 306 g/mol. The monoisotopic (exact) mass is 306 g/mol. The van der Waals surface area contributed by atoms with Gasteiger partial charge < -0.3 is 10.2 Å². The molecule has 0 saturated heterocycles. The number of hydrogen-bond acceptors (Lipinski definition) is 6. The highest BCUT2D eigenvalue weighted by molar-refractivity contribution is 5.40. The van der Waals surface area contributed by atoms with Crippen LogP contribution in [0.5, 0.6) is 0 Å². The van der Waals surface area contributed by atoms with Gasteiger partial charge in [-0.05, 0) is 17.2 Å². The van der Waals surface area contributed by atoms with Crippen molar-refractivity contribution >= 4 is 11.8 Å². The molecule has 1 aromatic carbocycles. The minimum absolute atomic E-state index is 0.506. The van der Waals surface area contributed by atoms with Crippen molar-refractivity contribution < 1.29 is 0 Å². The van der Waals surface area contributed by atoms with Crippen LogP contribution in [0.3, 0.4) is 0 Å². The van der Waals surface area contributed by atoms with Gasteiger partial charge >= 0.3 is 0 Å². The normalized spacial score (nSPS) is 10.3. The molecule has 0 bridgehead atoms. The van der Waals surface area contributed by atoms with Crippen molar-refractivity contribution in [1.29, 1.82) is 0 Å². The molecule has 2 heterocycles. The standard InChI is InChI=1S/C17H18N6/c1-23(13-14-6-3-2-4-7-14)16-12-20-22-17(21-16)19-11-15-8-5-9-18-10-15/h2-10,12H,11,13H2,1H3,(H,19,21,22). The van der Waals surface area contributed by atoms with E-state index < -0.39 is 0 Å². The molecule has 0 amide bonds. The van der Waals surface area contributed by atoms with Crippen LogP contribution in [0.15, 0.2) is 61.1 Å². The van der Waals surface area contributed by atoms with Gasteiger partial charge in [0.15, 0.2) is 5.82 Å². The van der Waals surface area contributed by atoms with E-state index in [-0.39, 0.29) is 0 Å². The summed E-state index contributed by atoms with van der Waals surface area (Å²) in [5.74, 6) is 1.28. The minimum Gasteiger partial charge on any atom is -0.354 e. The average Bonchev–Trinajstić information content (AvgIpc) is 2.62. The van der Waals surface area contributed by atoms with E-state index in [1.54, 1.807) is 12.4 Å². The zero-order chi connectivity index (χ0) is 15.9. The number of benzene rings is 1. The molecule has 116 valence electrons. The Labute approximate surface area is 135 Å².